The van der Waals surface area contributed by atoms with Gasteiger partial charge in [-0.3, -0.25) is 9.59 Å². The fraction of sp³-hybridized carbons (Fsp3) is 0.333. The number of carbonyl (C=O) groups excluding carboxylic acids is 1. The number of benzene rings is 1. The van der Waals surface area contributed by atoms with Crippen LogP contribution in [0.5, 0.6) is 0 Å². The van der Waals surface area contributed by atoms with Crippen LogP contribution in [0.3, 0.4) is 0 Å². The minimum atomic E-state index is -0.813. The summed E-state index contributed by atoms with van der Waals surface area (Å²) in [7, 11) is 0. The van der Waals surface area contributed by atoms with Gasteiger partial charge in [0.1, 0.15) is 0 Å². The number of allylic oxidation sites excluding steroid dienone is 2. The van der Waals surface area contributed by atoms with Crippen LogP contribution in [0.4, 0.5) is 5.69 Å². The third-order valence-corrected chi connectivity index (χ3v) is 3.20. The lowest BCUT2D eigenvalue weighted by Gasteiger charge is -2.11. The second kappa shape index (κ2) is 6.18. The predicted molar refractivity (Wildman–Crippen MR) is 72.9 cm³/mol. The molecule has 1 aromatic rings. The molecule has 100 valence electrons. The number of anilines is 1. The first kappa shape index (κ1) is 13.3. The molecule has 1 amide bonds. The van der Waals surface area contributed by atoms with Crippen LogP contribution < -0.4 is 5.32 Å². The molecule has 1 aliphatic carbocycles. The Morgan fingerprint density at radius 1 is 1.26 bits per heavy atom. The maximum atomic E-state index is 11.9. The summed E-state index contributed by atoms with van der Waals surface area (Å²) in [4.78, 5) is 22.5. The zero-order chi connectivity index (χ0) is 13.7. The lowest BCUT2D eigenvalue weighted by atomic mass is 10.1. The highest BCUT2D eigenvalue weighted by Gasteiger charge is 2.19. The number of nitrogens with one attached hydrogen (secondary N) is 1. The molecule has 4 nitrogen and oxygen atoms in total. The van der Waals surface area contributed by atoms with E-state index in [4.69, 9.17) is 5.11 Å². The molecule has 0 unspecified atom stereocenters. The molecular formula is C15H17NO3. The molecule has 2 N–H and O–H groups in total. The minimum absolute atomic E-state index is 0.0281. The maximum Gasteiger partial charge on any atom is 0.303 e. The van der Waals surface area contributed by atoms with E-state index >= 15 is 0 Å². The predicted octanol–water partition coefficient (Wildman–Crippen LogP) is 2.61. The fourth-order valence-corrected chi connectivity index (χ4v) is 2.13. The van der Waals surface area contributed by atoms with E-state index in [9.17, 15) is 9.59 Å². The molecule has 0 fully saturated rings. The van der Waals surface area contributed by atoms with Crippen molar-refractivity contribution in [3.05, 3.63) is 42.0 Å². The second-order valence-corrected chi connectivity index (χ2v) is 4.72. The first-order chi connectivity index (χ1) is 9.15. The summed E-state index contributed by atoms with van der Waals surface area (Å²) in [5.74, 6) is -0.755. The molecule has 0 aliphatic heterocycles. The van der Waals surface area contributed by atoms with Gasteiger partial charge in [-0.25, -0.2) is 0 Å². The number of rotatable bonds is 5. The lowest BCUT2D eigenvalue weighted by molar-refractivity contribution is -0.137. The Hall–Kier alpha value is -2.10. The van der Waals surface area contributed by atoms with E-state index in [0.717, 1.165) is 24.1 Å². The standard InChI is InChI=1S/C15H17NO3/c17-14(18)9-8-11-4-3-7-13(10-11)16-15(19)12-5-1-2-6-12/h1-4,7,10,12H,5-6,8-9H2,(H,16,19)(H,17,18). The monoisotopic (exact) mass is 259 g/mol. The van der Waals surface area contributed by atoms with Gasteiger partial charge in [-0.2, -0.15) is 0 Å². The maximum absolute atomic E-state index is 11.9. The molecule has 0 radical (unpaired) electrons. The molecule has 1 aliphatic rings. The van der Waals surface area contributed by atoms with Gasteiger partial charge in [0.2, 0.25) is 5.91 Å². The molecule has 0 spiro atoms. The Morgan fingerprint density at radius 2 is 2.00 bits per heavy atom. The third kappa shape index (κ3) is 3.95. The van der Waals surface area contributed by atoms with E-state index in [1.54, 1.807) is 0 Å². The van der Waals surface area contributed by atoms with Crippen LogP contribution in [-0.2, 0) is 16.0 Å². The highest BCUT2D eigenvalue weighted by Crippen LogP contribution is 2.20. The van der Waals surface area contributed by atoms with Crippen molar-refractivity contribution in [3.8, 4) is 0 Å². The number of carboxylic acid groups (broad SMARTS) is 1. The van der Waals surface area contributed by atoms with Crippen molar-refractivity contribution in [1.82, 2.24) is 0 Å². The van der Waals surface area contributed by atoms with Crippen molar-refractivity contribution in [2.75, 3.05) is 5.32 Å². The zero-order valence-corrected chi connectivity index (χ0v) is 10.6. The van der Waals surface area contributed by atoms with E-state index in [1.807, 2.05) is 36.4 Å². The zero-order valence-electron chi connectivity index (χ0n) is 10.6. The van der Waals surface area contributed by atoms with Crippen molar-refractivity contribution in [2.24, 2.45) is 5.92 Å². The van der Waals surface area contributed by atoms with Gasteiger partial charge in [0, 0.05) is 18.0 Å². The Kier molecular flexibility index (Phi) is 4.34. The summed E-state index contributed by atoms with van der Waals surface area (Å²) >= 11 is 0. The van der Waals surface area contributed by atoms with E-state index in [0.29, 0.717) is 6.42 Å². The average molecular weight is 259 g/mol. The van der Waals surface area contributed by atoms with Gasteiger partial charge in [0.25, 0.3) is 0 Å². The van der Waals surface area contributed by atoms with Gasteiger partial charge in [-0.1, -0.05) is 24.3 Å². The van der Waals surface area contributed by atoms with Crippen LogP contribution in [0.2, 0.25) is 0 Å². The third-order valence-electron chi connectivity index (χ3n) is 3.20. The number of carbonyl (C=O) groups is 2. The summed E-state index contributed by atoms with van der Waals surface area (Å²) in [6.07, 6.45) is 6.21. The number of hydrogen-bond acceptors (Lipinski definition) is 2. The van der Waals surface area contributed by atoms with E-state index < -0.39 is 5.97 Å². The summed E-state index contributed by atoms with van der Waals surface area (Å²) < 4.78 is 0. The normalized spacial score (nSPS) is 14.5. The smallest absolute Gasteiger partial charge is 0.303 e. The minimum Gasteiger partial charge on any atom is -0.481 e. The van der Waals surface area contributed by atoms with Gasteiger partial charge in [-0.05, 0) is 37.0 Å². The molecule has 19 heavy (non-hydrogen) atoms. The van der Waals surface area contributed by atoms with E-state index in [2.05, 4.69) is 5.32 Å². The number of amides is 1. The molecule has 1 aromatic carbocycles. The van der Waals surface area contributed by atoms with Crippen LogP contribution >= 0.6 is 0 Å². The average Bonchev–Trinajstić information content (AvgIpc) is 2.91. The molecule has 2 rings (SSSR count). The number of aryl methyl sites for hydroxylation is 1. The van der Waals surface area contributed by atoms with Crippen LogP contribution in [0.15, 0.2) is 36.4 Å². The molecule has 0 aromatic heterocycles. The first-order valence-corrected chi connectivity index (χ1v) is 6.42. The first-order valence-electron chi connectivity index (χ1n) is 6.42. The fourth-order valence-electron chi connectivity index (χ4n) is 2.13. The molecule has 4 heteroatoms. The van der Waals surface area contributed by atoms with Crippen molar-refractivity contribution >= 4 is 17.6 Å². The Morgan fingerprint density at radius 3 is 2.68 bits per heavy atom. The van der Waals surface area contributed by atoms with Gasteiger partial charge >= 0.3 is 5.97 Å². The van der Waals surface area contributed by atoms with Crippen molar-refractivity contribution in [2.45, 2.75) is 25.7 Å². The summed E-state index contributed by atoms with van der Waals surface area (Å²) in [6.45, 7) is 0. The highest BCUT2D eigenvalue weighted by molar-refractivity contribution is 5.93. The largest absolute Gasteiger partial charge is 0.481 e. The van der Waals surface area contributed by atoms with Crippen LogP contribution in [0.25, 0.3) is 0 Å². The van der Waals surface area contributed by atoms with Crippen molar-refractivity contribution < 1.29 is 14.7 Å². The molecule has 0 saturated carbocycles. The van der Waals surface area contributed by atoms with Crippen LogP contribution in [-0.4, -0.2) is 17.0 Å². The lowest BCUT2D eigenvalue weighted by Crippen LogP contribution is -2.20. The van der Waals surface area contributed by atoms with E-state index in [1.165, 1.54) is 0 Å². The second-order valence-electron chi connectivity index (χ2n) is 4.72. The summed E-state index contributed by atoms with van der Waals surface area (Å²) in [5.41, 5.74) is 1.66. The van der Waals surface area contributed by atoms with Crippen LogP contribution in [0.1, 0.15) is 24.8 Å². The number of aliphatic carboxylic acids is 1. The molecule has 0 heterocycles. The quantitative estimate of drug-likeness (QED) is 0.799. The summed E-state index contributed by atoms with van der Waals surface area (Å²) in [6, 6.07) is 7.36. The Bertz CT molecular complexity index is 500. The molecular weight excluding hydrogens is 242 g/mol. The van der Waals surface area contributed by atoms with Gasteiger partial charge in [0.05, 0.1) is 0 Å². The topological polar surface area (TPSA) is 66.4 Å². The van der Waals surface area contributed by atoms with Gasteiger partial charge in [0.15, 0.2) is 0 Å². The summed E-state index contributed by atoms with van der Waals surface area (Å²) in [5, 5.41) is 11.5. The SMILES string of the molecule is O=C(O)CCc1cccc(NC(=O)C2CC=CC2)c1. The number of hydrogen-bond donors (Lipinski definition) is 2. The number of carboxylic acids is 1. The Labute approximate surface area is 112 Å². The Balaban J connectivity index is 1.94. The molecule has 0 bridgehead atoms. The molecule has 0 atom stereocenters. The van der Waals surface area contributed by atoms with Gasteiger partial charge in [-0.15, -0.1) is 0 Å². The highest BCUT2D eigenvalue weighted by atomic mass is 16.4. The van der Waals surface area contributed by atoms with Crippen LogP contribution in [0, 0.1) is 5.92 Å². The van der Waals surface area contributed by atoms with E-state index in [-0.39, 0.29) is 18.2 Å². The van der Waals surface area contributed by atoms with Crippen molar-refractivity contribution in [1.29, 1.82) is 0 Å². The van der Waals surface area contributed by atoms with Crippen molar-refractivity contribution in [3.63, 3.8) is 0 Å². The van der Waals surface area contributed by atoms with Gasteiger partial charge < -0.3 is 10.4 Å². The molecule has 0 saturated heterocycles.